The van der Waals surface area contributed by atoms with Crippen molar-refractivity contribution in [3.8, 4) is 23.3 Å². The van der Waals surface area contributed by atoms with E-state index in [1.807, 2.05) is 54.8 Å². The van der Waals surface area contributed by atoms with Gasteiger partial charge in [-0.25, -0.2) is 0 Å². The van der Waals surface area contributed by atoms with Crippen LogP contribution in [0.4, 0.5) is 0 Å². The molecule has 4 rings (SSSR count). The van der Waals surface area contributed by atoms with Crippen molar-refractivity contribution in [3.63, 3.8) is 0 Å². The molecule has 0 aliphatic carbocycles. The first-order valence-electron chi connectivity index (χ1n) is 11.5. The van der Waals surface area contributed by atoms with Crippen LogP contribution in [-0.2, 0) is 6.61 Å². The van der Waals surface area contributed by atoms with Crippen LogP contribution < -0.4 is 9.47 Å². The molecule has 0 aliphatic heterocycles. The molecule has 0 bridgehead atoms. The summed E-state index contributed by atoms with van der Waals surface area (Å²) >= 11 is 1.27. The van der Waals surface area contributed by atoms with Crippen LogP contribution in [0.25, 0.3) is 5.69 Å². The number of rotatable bonds is 10. The first-order valence-corrected chi connectivity index (χ1v) is 12.3. The fourth-order valence-corrected chi connectivity index (χ4v) is 4.96. The van der Waals surface area contributed by atoms with Gasteiger partial charge in [0.2, 0.25) is 6.54 Å². The minimum absolute atomic E-state index is 0.186. The molecule has 1 heterocycles. The van der Waals surface area contributed by atoms with Crippen LogP contribution >= 0.6 is 11.8 Å². The topological polar surface area (TPSA) is 116 Å². The quantitative estimate of drug-likeness (QED) is 0.155. The van der Waals surface area contributed by atoms with Gasteiger partial charge in [-0.1, -0.05) is 53.7 Å². The average Bonchev–Trinajstić information content (AvgIpc) is 3.27. The molecule has 0 saturated carbocycles. The van der Waals surface area contributed by atoms with Crippen molar-refractivity contribution in [1.82, 2.24) is 14.8 Å². The lowest BCUT2D eigenvalue weighted by Crippen LogP contribution is -2.11. The number of hydrogen-bond acceptors (Lipinski definition) is 8. The van der Waals surface area contributed by atoms with E-state index >= 15 is 0 Å². The van der Waals surface area contributed by atoms with Crippen LogP contribution in [0.5, 0.6) is 11.5 Å². The van der Waals surface area contributed by atoms with E-state index in [9.17, 15) is 15.4 Å². The summed E-state index contributed by atoms with van der Waals surface area (Å²) in [7, 11) is 1.52. The molecule has 0 saturated heterocycles. The van der Waals surface area contributed by atoms with E-state index in [2.05, 4.69) is 16.3 Å². The van der Waals surface area contributed by atoms with E-state index in [4.69, 9.17) is 9.47 Å². The second-order valence-corrected chi connectivity index (χ2v) is 9.46. The molecule has 3 aromatic carbocycles. The number of methoxy groups -OCH3 is 1. The number of aryl methyl sites for hydroxylation is 2. The van der Waals surface area contributed by atoms with Gasteiger partial charge >= 0.3 is 0 Å². The molecular weight excluding hydrogens is 490 g/mol. The molecule has 0 aliphatic rings. The predicted octanol–water partition coefficient (Wildman–Crippen LogP) is 5.45. The first kappa shape index (κ1) is 25.7. The summed E-state index contributed by atoms with van der Waals surface area (Å²) in [5.41, 5.74) is 3.99. The lowest BCUT2D eigenvalue weighted by atomic mass is 10.1. The Labute approximate surface area is 218 Å². The van der Waals surface area contributed by atoms with Gasteiger partial charge in [0.15, 0.2) is 16.7 Å². The molecule has 188 valence electrons. The Morgan fingerprint density at radius 3 is 2.54 bits per heavy atom. The van der Waals surface area contributed by atoms with E-state index in [0.29, 0.717) is 33.6 Å². The number of aromatic nitrogens is 3. The average molecular weight is 516 g/mol. The summed E-state index contributed by atoms with van der Waals surface area (Å²) in [5.74, 6) is 1.60. The summed E-state index contributed by atoms with van der Waals surface area (Å²) in [4.78, 5) is 11.2. The van der Waals surface area contributed by atoms with Crippen molar-refractivity contribution >= 4 is 11.8 Å². The molecule has 0 amide bonds. The molecule has 1 aromatic heterocycles. The Bertz CT molecular complexity index is 1450. The SMILES string of the molecule is COc1cc([C@H](C[N+](=O)[O-])Sc2nnc(C)n2-c2ccc(C)cc2)ccc1OCc1ccccc1C#N. The van der Waals surface area contributed by atoms with Crippen molar-refractivity contribution in [2.75, 3.05) is 13.7 Å². The predicted molar refractivity (Wildman–Crippen MR) is 140 cm³/mol. The van der Waals surface area contributed by atoms with Gasteiger partial charge in [0.1, 0.15) is 17.7 Å². The number of hydrogen-bond donors (Lipinski definition) is 0. The molecular formula is C27H25N5O4S. The van der Waals surface area contributed by atoms with Gasteiger partial charge in [-0.05, 0) is 49.7 Å². The maximum atomic E-state index is 11.6. The highest BCUT2D eigenvalue weighted by molar-refractivity contribution is 7.99. The largest absolute Gasteiger partial charge is 0.493 e. The number of ether oxygens (including phenoxy) is 2. The molecule has 10 heteroatoms. The summed E-state index contributed by atoms with van der Waals surface area (Å²) in [6, 6.07) is 22.5. The van der Waals surface area contributed by atoms with Crippen molar-refractivity contribution in [1.29, 1.82) is 5.26 Å². The molecule has 0 unspecified atom stereocenters. The molecule has 0 spiro atoms. The van der Waals surface area contributed by atoms with Crippen molar-refractivity contribution in [2.45, 2.75) is 30.9 Å². The molecule has 4 aromatic rings. The highest BCUT2D eigenvalue weighted by Gasteiger charge is 2.25. The van der Waals surface area contributed by atoms with Gasteiger partial charge in [0.05, 0.1) is 18.7 Å². The minimum atomic E-state index is -0.551. The van der Waals surface area contributed by atoms with E-state index in [-0.39, 0.29) is 18.1 Å². The first-order chi connectivity index (χ1) is 17.9. The summed E-state index contributed by atoms with van der Waals surface area (Å²) < 4.78 is 13.4. The van der Waals surface area contributed by atoms with Crippen LogP contribution in [0.3, 0.4) is 0 Å². The van der Waals surface area contributed by atoms with Crippen LogP contribution in [-0.4, -0.2) is 33.3 Å². The smallest absolute Gasteiger partial charge is 0.220 e. The van der Waals surface area contributed by atoms with Gasteiger partial charge in [-0.15, -0.1) is 10.2 Å². The van der Waals surface area contributed by atoms with Gasteiger partial charge in [0.25, 0.3) is 0 Å². The second kappa shape index (κ2) is 11.6. The summed E-state index contributed by atoms with van der Waals surface area (Å²) in [6.07, 6.45) is 0. The molecule has 9 nitrogen and oxygen atoms in total. The van der Waals surface area contributed by atoms with E-state index in [1.54, 1.807) is 30.3 Å². The summed E-state index contributed by atoms with van der Waals surface area (Å²) in [6.45, 7) is 3.72. The number of nitrogens with zero attached hydrogens (tertiary/aromatic N) is 5. The number of benzene rings is 3. The fraction of sp³-hybridized carbons (Fsp3) is 0.222. The molecule has 37 heavy (non-hydrogen) atoms. The van der Waals surface area contributed by atoms with Crippen LogP contribution in [0.2, 0.25) is 0 Å². The Morgan fingerprint density at radius 1 is 1.08 bits per heavy atom. The molecule has 0 radical (unpaired) electrons. The van der Waals surface area contributed by atoms with Crippen molar-refractivity contribution in [2.24, 2.45) is 0 Å². The Kier molecular flexibility index (Phi) is 8.05. The fourth-order valence-electron chi connectivity index (χ4n) is 3.80. The monoisotopic (exact) mass is 515 g/mol. The van der Waals surface area contributed by atoms with Crippen LogP contribution in [0.15, 0.2) is 71.9 Å². The molecule has 0 N–H and O–H groups in total. The van der Waals surface area contributed by atoms with E-state index in [1.165, 1.54) is 18.9 Å². The van der Waals surface area contributed by atoms with Crippen LogP contribution in [0.1, 0.15) is 33.3 Å². The normalized spacial score (nSPS) is 11.5. The second-order valence-electron chi connectivity index (χ2n) is 8.29. The highest BCUT2D eigenvalue weighted by Crippen LogP contribution is 2.39. The van der Waals surface area contributed by atoms with Gasteiger partial charge in [-0.2, -0.15) is 5.26 Å². The molecule has 1 atom stereocenters. The van der Waals surface area contributed by atoms with Crippen molar-refractivity contribution < 1.29 is 14.4 Å². The number of nitriles is 1. The number of thioether (sulfide) groups is 1. The third-order valence-corrected chi connectivity index (χ3v) is 6.91. The van der Waals surface area contributed by atoms with Crippen LogP contribution in [0, 0.1) is 35.3 Å². The molecule has 0 fully saturated rings. The lowest BCUT2D eigenvalue weighted by molar-refractivity contribution is -0.479. The maximum absolute atomic E-state index is 11.6. The van der Waals surface area contributed by atoms with Gasteiger partial charge in [0, 0.05) is 16.2 Å². The third-order valence-electron chi connectivity index (χ3n) is 5.73. The Morgan fingerprint density at radius 2 is 1.84 bits per heavy atom. The zero-order chi connectivity index (χ0) is 26.4. The summed E-state index contributed by atoms with van der Waals surface area (Å²) in [5, 5.41) is 29.4. The van der Waals surface area contributed by atoms with Crippen molar-refractivity contribution in [3.05, 3.63) is 105 Å². The third kappa shape index (κ3) is 6.08. The van der Waals surface area contributed by atoms with Gasteiger partial charge in [-0.3, -0.25) is 14.7 Å². The lowest BCUT2D eigenvalue weighted by Gasteiger charge is -2.17. The zero-order valence-corrected chi connectivity index (χ0v) is 21.4. The highest BCUT2D eigenvalue weighted by atomic mass is 32.2. The number of nitro groups is 1. The standard InChI is InChI=1S/C27H25N5O4S/c1-18-8-11-23(12-9-18)32-19(2)29-30-27(32)37-26(16-31(33)34)20-10-13-24(25(14-20)35-3)36-17-22-7-5-4-6-21(22)15-28/h4-14,26H,16-17H2,1-3H3/t26-/m0/s1. The zero-order valence-electron chi connectivity index (χ0n) is 20.6. The minimum Gasteiger partial charge on any atom is -0.493 e. The Hall–Kier alpha value is -4.36. The maximum Gasteiger partial charge on any atom is 0.220 e. The van der Waals surface area contributed by atoms with E-state index in [0.717, 1.165) is 16.8 Å². The van der Waals surface area contributed by atoms with Gasteiger partial charge < -0.3 is 9.47 Å². The Balaban J connectivity index is 1.61. The van der Waals surface area contributed by atoms with E-state index < -0.39 is 5.25 Å².